The second-order valence-corrected chi connectivity index (χ2v) is 6.08. The smallest absolute Gasteiger partial charge is 0.339 e. The minimum absolute atomic E-state index is 0.100. The molecule has 2 rings (SSSR count). The monoisotopic (exact) mass is 415 g/mol. The predicted octanol–water partition coefficient (Wildman–Crippen LogP) is 3.21. The van der Waals surface area contributed by atoms with E-state index in [-0.39, 0.29) is 17.7 Å². The van der Waals surface area contributed by atoms with Gasteiger partial charge in [-0.25, -0.2) is 4.79 Å². The molecule has 2 aromatic carbocycles. The normalized spacial score (nSPS) is 10.1. The molecule has 8 nitrogen and oxygen atoms in total. The van der Waals surface area contributed by atoms with Gasteiger partial charge >= 0.3 is 11.9 Å². The Bertz CT molecular complexity index is 866. The molecule has 0 spiro atoms. The molecule has 0 saturated carbocycles. The van der Waals surface area contributed by atoms with Gasteiger partial charge in [0, 0.05) is 6.42 Å². The number of rotatable bonds is 11. The zero-order chi connectivity index (χ0) is 21.8. The first-order valence-electron chi connectivity index (χ1n) is 9.52. The average molecular weight is 415 g/mol. The van der Waals surface area contributed by atoms with Crippen LogP contribution in [0.5, 0.6) is 11.5 Å². The van der Waals surface area contributed by atoms with Crippen molar-refractivity contribution in [1.82, 2.24) is 0 Å². The van der Waals surface area contributed by atoms with Gasteiger partial charge < -0.3 is 24.3 Å². The van der Waals surface area contributed by atoms with Gasteiger partial charge in [-0.15, -0.1) is 0 Å². The lowest BCUT2D eigenvalue weighted by Crippen LogP contribution is -2.22. The van der Waals surface area contributed by atoms with Crippen LogP contribution in [0, 0.1) is 0 Å². The number of ether oxygens (including phenoxy) is 4. The summed E-state index contributed by atoms with van der Waals surface area (Å²) in [6.07, 6.45) is 0.523. The highest BCUT2D eigenvalue weighted by atomic mass is 16.5. The molecule has 0 radical (unpaired) electrons. The number of benzene rings is 2. The fraction of sp³-hybridized carbons (Fsp3) is 0.318. The molecule has 0 fully saturated rings. The number of carbonyl (C=O) groups is 3. The molecule has 0 aliphatic carbocycles. The Morgan fingerprint density at radius 2 is 1.60 bits per heavy atom. The molecule has 0 bridgehead atoms. The third-order valence-corrected chi connectivity index (χ3v) is 3.90. The minimum atomic E-state index is -0.575. The van der Waals surface area contributed by atoms with Crippen LogP contribution >= 0.6 is 0 Å². The van der Waals surface area contributed by atoms with Crippen molar-refractivity contribution < 1.29 is 33.3 Å². The molecule has 0 saturated heterocycles. The first-order chi connectivity index (χ1) is 14.5. The van der Waals surface area contributed by atoms with Crippen molar-refractivity contribution in [2.75, 3.05) is 32.2 Å². The fourth-order valence-corrected chi connectivity index (χ4v) is 2.53. The summed E-state index contributed by atoms with van der Waals surface area (Å²) in [6, 6.07) is 13.7. The molecule has 8 heteroatoms. The SMILES string of the molecule is CCOc1ccccc1OCCCC(=O)OCC(=O)Nc1ccccc1C(=O)OC. The summed E-state index contributed by atoms with van der Waals surface area (Å²) in [5.74, 6) is -0.397. The lowest BCUT2D eigenvalue weighted by Gasteiger charge is -2.11. The van der Waals surface area contributed by atoms with E-state index in [1.807, 2.05) is 25.1 Å². The highest BCUT2D eigenvalue weighted by molar-refractivity contribution is 6.01. The van der Waals surface area contributed by atoms with Crippen molar-refractivity contribution in [3.63, 3.8) is 0 Å². The van der Waals surface area contributed by atoms with Gasteiger partial charge in [-0.1, -0.05) is 24.3 Å². The lowest BCUT2D eigenvalue weighted by molar-refractivity contribution is -0.147. The van der Waals surface area contributed by atoms with E-state index >= 15 is 0 Å². The zero-order valence-electron chi connectivity index (χ0n) is 17.0. The molecule has 1 amide bonds. The van der Waals surface area contributed by atoms with Crippen molar-refractivity contribution in [2.45, 2.75) is 19.8 Å². The van der Waals surface area contributed by atoms with Crippen LogP contribution in [-0.2, 0) is 19.1 Å². The molecule has 0 atom stereocenters. The highest BCUT2D eigenvalue weighted by Crippen LogP contribution is 2.26. The molecule has 30 heavy (non-hydrogen) atoms. The summed E-state index contributed by atoms with van der Waals surface area (Å²) in [7, 11) is 1.25. The summed E-state index contributed by atoms with van der Waals surface area (Å²) in [4.78, 5) is 35.6. The van der Waals surface area contributed by atoms with Crippen LogP contribution < -0.4 is 14.8 Å². The lowest BCUT2D eigenvalue weighted by atomic mass is 10.2. The van der Waals surface area contributed by atoms with Crippen LogP contribution in [0.2, 0.25) is 0 Å². The Balaban J connectivity index is 1.71. The van der Waals surface area contributed by atoms with E-state index in [4.69, 9.17) is 14.2 Å². The van der Waals surface area contributed by atoms with Crippen molar-refractivity contribution in [3.05, 3.63) is 54.1 Å². The summed E-state index contributed by atoms with van der Waals surface area (Å²) in [6.45, 7) is 2.26. The maximum absolute atomic E-state index is 12.0. The summed E-state index contributed by atoms with van der Waals surface area (Å²) < 4.78 is 20.7. The number of amides is 1. The number of esters is 2. The van der Waals surface area contributed by atoms with Gasteiger partial charge in [0.2, 0.25) is 0 Å². The maximum atomic E-state index is 12.0. The maximum Gasteiger partial charge on any atom is 0.339 e. The number of para-hydroxylation sites is 3. The molecule has 160 valence electrons. The van der Waals surface area contributed by atoms with E-state index in [1.54, 1.807) is 24.3 Å². The number of nitrogens with one attached hydrogen (secondary N) is 1. The minimum Gasteiger partial charge on any atom is -0.490 e. The Kier molecular flexibility index (Phi) is 9.18. The molecule has 2 aromatic rings. The van der Waals surface area contributed by atoms with Crippen molar-refractivity contribution >= 4 is 23.5 Å². The average Bonchev–Trinajstić information content (AvgIpc) is 2.76. The molecular formula is C22H25NO7. The molecule has 0 aliphatic rings. The molecule has 1 N–H and O–H groups in total. The van der Waals surface area contributed by atoms with E-state index in [9.17, 15) is 14.4 Å². The van der Waals surface area contributed by atoms with Crippen LogP contribution in [0.25, 0.3) is 0 Å². The van der Waals surface area contributed by atoms with Crippen molar-refractivity contribution in [1.29, 1.82) is 0 Å². The number of hydrogen-bond donors (Lipinski definition) is 1. The van der Waals surface area contributed by atoms with Gasteiger partial charge in [0.1, 0.15) is 0 Å². The largest absolute Gasteiger partial charge is 0.490 e. The van der Waals surface area contributed by atoms with Gasteiger partial charge in [-0.3, -0.25) is 9.59 Å². The van der Waals surface area contributed by atoms with Crippen molar-refractivity contribution in [2.24, 2.45) is 0 Å². The molecular weight excluding hydrogens is 390 g/mol. The van der Waals surface area contributed by atoms with E-state index < -0.39 is 24.5 Å². The standard InChI is InChI=1S/C22H25NO7/c1-3-28-18-11-6-7-12-19(18)29-14-8-13-21(25)30-15-20(24)23-17-10-5-4-9-16(17)22(26)27-2/h4-7,9-12H,3,8,13-15H2,1-2H3,(H,23,24). The first kappa shape index (κ1) is 22.7. The second-order valence-electron chi connectivity index (χ2n) is 6.08. The van der Waals surface area contributed by atoms with Crippen LogP contribution in [0.1, 0.15) is 30.1 Å². The Morgan fingerprint density at radius 1 is 0.933 bits per heavy atom. The van der Waals surface area contributed by atoms with Crippen LogP contribution in [-0.4, -0.2) is 44.8 Å². The Hall–Kier alpha value is -3.55. The number of carbonyl (C=O) groups excluding carboxylic acids is 3. The van der Waals surface area contributed by atoms with Gasteiger partial charge in [-0.2, -0.15) is 0 Å². The summed E-state index contributed by atoms with van der Waals surface area (Å²) in [5.41, 5.74) is 0.496. The van der Waals surface area contributed by atoms with E-state index in [0.29, 0.717) is 31.1 Å². The molecule has 0 aliphatic heterocycles. The number of methoxy groups -OCH3 is 1. The van der Waals surface area contributed by atoms with Gasteiger partial charge in [0.25, 0.3) is 5.91 Å². The van der Waals surface area contributed by atoms with E-state index in [2.05, 4.69) is 10.1 Å². The predicted molar refractivity (Wildman–Crippen MR) is 110 cm³/mol. The topological polar surface area (TPSA) is 100 Å². The summed E-state index contributed by atoms with van der Waals surface area (Å²) in [5, 5.41) is 2.53. The van der Waals surface area contributed by atoms with E-state index in [1.165, 1.54) is 13.2 Å². The Labute approximate surface area is 175 Å². The molecule has 0 unspecified atom stereocenters. The molecule has 0 aromatic heterocycles. The fourth-order valence-electron chi connectivity index (χ4n) is 2.53. The number of anilines is 1. The van der Waals surface area contributed by atoms with Gasteiger partial charge in [0.05, 0.1) is 31.6 Å². The highest BCUT2D eigenvalue weighted by Gasteiger charge is 2.14. The zero-order valence-corrected chi connectivity index (χ0v) is 17.0. The molecule has 0 heterocycles. The second kappa shape index (κ2) is 12.1. The third kappa shape index (κ3) is 7.12. The van der Waals surface area contributed by atoms with E-state index in [0.717, 1.165) is 0 Å². The Morgan fingerprint density at radius 3 is 2.30 bits per heavy atom. The van der Waals surface area contributed by atoms with Gasteiger partial charge in [0.15, 0.2) is 18.1 Å². The van der Waals surface area contributed by atoms with Crippen LogP contribution in [0.4, 0.5) is 5.69 Å². The quantitative estimate of drug-likeness (QED) is 0.444. The van der Waals surface area contributed by atoms with Crippen LogP contribution in [0.3, 0.4) is 0 Å². The third-order valence-electron chi connectivity index (χ3n) is 3.90. The summed E-state index contributed by atoms with van der Waals surface area (Å²) >= 11 is 0. The number of hydrogen-bond acceptors (Lipinski definition) is 7. The van der Waals surface area contributed by atoms with Crippen molar-refractivity contribution in [3.8, 4) is 11.5 Å². The van der Waals surface area contributed by atoms with Gasteiger partial charge in [-0.05, 0) is 37.6 Å². The first-order valence-corrected chi connectivity index (χ1v) is 9.52. The van der Waals surface area contributed by atoms with Crippen LogP contribution in [0.15, 0.2) is 48.5 Å².